The molecule has 2 amide bonds. The molecule has 0 radical (unpaired) electrons. The fourth-order valence-corrected chi connectivity index (χ4v) is 2.12. The maximum Gasteiger partial charge on any atom is 0.274 e. The van der Waals surface area contributed by atoms with E-state index < -0.39 is 5.91 Å². The lowest BCUT2D eigenvalue weighted by atomic mass is 10.1. The first-order valence-corrected chi connectivity index (χ1v) is 6.10. The van der Waals surface area contributed by atoms with Crippen LogP contribution in [0.15, 0.2) is 18.2 Å². The predicted molar refractivity (Wildman–Crippen MR) is 78.8 cm³/mol. The molecule has 1 aliphatic rings. The number of hydrogen-bond donors (Lipinski definition) is 2. The van der Waals surface area contributed by atoms with Crippen molar-refractivity contribution in [1.82, 2.24) is 10.4 Å². The molecule has 0 aliphatic carbocycles. The first-order valence-electron chi connectivity index (χ1n) is 6.10. The molecule has 8 heteroatoms. The average molecular weight is 314 g/mol. The van der Waals surface area contributed by atoms with Crippen LogP contribution in [0, 0.1) is 0 Å². The van der Waals surface area contributed by atoms with Crippen LogP contribution in [0.1, 0.15) is 15.9 Å². The Morgan fingerprint density at radius 2 is 2.38 bits per heavy atom. The molecule has 0 saturated heterocycles. The summed E-state index contributed by atoms with van der Waals surface area (Å²) in [5.41, 5.74) is 2.65. The fourth-order valence-electron chi connectivity index (χ4n) is 2.12. The number of fused-ring (bicyclic) bond motifs is 1. The van der Waals surface area contributed by atoms with Crippen molar-refractivity contribution in [3.63, 3.8) is 0 Å². The number of benzene rings is 1. The Bertz CT molecular complexity index is 511. The van der Waals surface area contributed by atoms with Crippen molar-refractivity contribution < 1.29 is 24.3 Å². The van der Waals surface area contributed by atoms with Crippen molar-refractivity contribution in [2.45, 2.75) is 12.6 Å². The van der Waals surface area contributed by atoms with E-state index in [1.54, 1.807) is 29.6 Å². The molecule has 1 aromatic rings. The molecule has 0 saturated carbocycles. The third kappa shape index (κ3) is 4.10. The van der Waals surface area contributed by atoms with Crippen molar-refractivity contribution in [1.29, 1.82) is 0 Å². The van der Waals surface area contributed by atoms with Gasteiger partial charge in [-0.3, -0.25) is 14.8 Å². The maximum atomic E-state index is 11.4. The Hall–Kier alpha value is -1.77. The zero-order valence-electron chi connectivity index (χ0n) is 11.5. The first-order chi connectivity index (χ1) is 9.67. The van der Waals surface area contributed by atoms with E-state index in [9.17, 15) is 9.59 Å². The highest BCUT2D eigenvalue weighted by Gasteiger charge is 2.23. The smallest absolute Gasteiger partial charge is 0.274 e. The Kier molecular flexibility index (Phi) is 6.47. The number of nitrogens with one attached hydrogen (secondary N) is 1. The second-order valence-corrected chi connectivity index (χ2v) is 4.49. The molecule has 1 aromatic carbocycles. The summed E-state index contributed by atoms with van der Waals surface area (Å²) in [6.45, 7) is 1.15. The van der Waals surface area contributed by atoms with Gasteiger partial charge < -0.3 is 14.4 Å². The summed E-state index contributed by atoms with van der Waals surface area (Å²) >= 11 is 0. The van der Waals surface area contributed by atoms with Gasteiger partial charge in [-0.2, -0.15) is 13.5 Å². The lowest BCUT2D eigenvalue weighted by Gasteiger charge is -2.19. The van der Waals surface area contributed by atoms with Gasteiger partial charge in [-0.05, 0) is 12.1 Å². The number of hydrogen-bond acceptors (Lipinski definition) is 5. The fraction of sp³-hybridized carbons (Fsp3) is 0.385. The summed E-state index contributed by atoms with van der Waals surface area (Å²) < 4.78 is 10.8. The van der Waals surface area contributed by atoms with E-state index >= 15 is 0 Å². The first kappa shape index (κ1) is 17.3. The molecule has 1 atom stereocenters. The largest absolute Gasteiger partial charge is 0.486 e. The van der Waals surface area contributed by atoms with Gasteiger partial charge in [0.25, 0.3) is 5.91 Å². The highest BCUT2D eigenvalue weighted by Crippen LogP contribution is 2.26. The van der Waals surface area contributed by atoms with Crippen molar-refractivity contribution in [3.05, 3.63) is 29.3 Å². The van der Waals surface area contributed by atoms with Gasteiger partial charge in [0.2, 0.25) is 6.41 Å². The number of carbonyl (C=O) groups excluding carboxylic acids is 2. The summed E-state index contributed by atoms with van der Waals surface area (Å²) in [7, 11) is 1.55. The highest BCUT2D eigenvalue weighted by molar-refractivity contribution is 7.59. The summed E-state index contributed by atoms with van der Waals surface area (Å²) in [4.78, 5) is 24.0. The maximum absolute atomic E-state index is 11.4. The molecule has 21 heavy (non-hydrogen) atoms. The zero-order chi connectivity index (χ0) is 14.5. The van der Waals surface area contributed by atoms with Crippen LogP contribution in [-0.4, -0.2) is 48.8 Å². The minimum absolute atomic E-state index is 0. The number of methoxy groups -OCH3 is 1. The van der Waals surface area contributed by atoms with Crippen LogP contribution in [0.25, 0.3) is 0 Å². The molecule has 7 nitrogen and oxygen atoms in total. The van der Waals surface area contributed by atoms with E-state index in [1.165, 1.54) is 6.07 Å². The van der Waals surface area contributed by atoms with E-state index in [-0.39, 0.29) is 25.2 Å². The van der Waals surface area contributed by atoms with Crippen LogP contribution in [0.3, 0.4) is 0 Å². The second kappa shape index (κ2) is 7.87. The number of amides is 2. The molecule has 2 rings (SSSR count). The molecule has 116 valence electrons. The Balaban J connectivity index is 0.00000220. The molecule has 2 N–H and O–H groups in total. The zero-order valence-corrected chi connectivity index (χ0v) is 12.5. The summed E-state index contributed by atoms with van der Waals surface area (Å²) in [6.07, 6.45) is 0.453. The lowest BCUT2D eigenvalue weighted by Crippen LogP contribution is -2.34. The van der Waals surface area contributed by atoms with Gasteiger partial charge in [0.1, 0.15) is 11.9 Å². The molecule has 0 fully saturated rings. The Morgan fingerprint density at radius 3 is 3.00 bits per heavy atom. The van der Waals surface area contributed by atoms with E-state index in [2.05, 4.69) is 0 Å². The van der Waals surface area contributed by atoms with E-state index in [0.29, 0.717) is 25.4 Å². The van der Waals surface area contributed by atoms with Crippen molar-refractivity contribution >= 4 is 25.8 Å². The standard InChI is InChI=1S/C13H16N2O5.H2S/c1-19-7-11-6-15(8-16)5-10-3-2-9(13(17)14-18)4-12(10)20-11;/h2-4,8,11,18H,5-7H2,1H3,(H,14,17);1H2/t11-;/m0./s1. The quantitative estimate of drug-likeness (QED) is 0.474. The van der Waals surface area contributed by atoms with Crippen LogP contribution in [0.5, 0.6) is 5.75 Å². The SMILES string of the molecule is COC[C@@H]1CN(C=O)Cc2ccc(C(=O)NO)cc2O1.S. The minimum Gasteiger partial charge on any atom is -0.486 e. The van der Waals surface area contributed by atoms with Crippen molar-refractivity contribution in [3.8, 4) is 5.75 Å². The average Bonchev–Trinajstić information content (AvgIpc) is 2.64. The normalized spacial score (nSPS) is 16.9. The van der Waals surface area contributed by atoms with Crippen LogP contribution in [-0.2, 0) is 16.1 Å². The summed E-state index contributed by atoms with van der Waals surface area (Å²) in [5, 5.41) is 8.65. The third-order valence-corrected chi connectivity index (χ3v) is 3.04. The molecule has 0 bridgehead atoms. The van der Waals surface area contributed by atoms with E-state index in [0.717, 1.165) is 12.0 Å². The van der Waals surface area contributed by atoms with E-state index in [1.807, 2.05) is 0 Å². The van der Waals surface area contributed by atoms with E-state index in [4.69, 9.17) is 14.7 Å². The Labute approximate surface area is 129 Å². The number of ether oxygens (including phenoxy) is 2. The van der Waals surface area contributed by atoms with Gasteiger partial charge in [0.15, 0.2) is 0 Å². The monoisotopic (exact) mass is 314 g/mol. The van der Waals surface area contributed by atoms with Gasteiger partial charge in [0, 0.05) is 24.8 Å². The Morgan fingerprint density at radius 1 is 1.62 bits per heavy atom. The topological polar surface area (TPSA) is 88.1 Å². The van der Waals surface area contributed by atoms with Gasteiger partial charge in [0.05, 0.1) is 13.2 Å². The van der Waals surface area contributed by atoms with Gasteiger partial charge in [-0.1, -0.05) is 6.07 Å². The number of nitrogens with zero attached hydrogens (tertiary/aromatic N) is 1. The lowest BCUT2D eigenvalue weighted by molar-refractivity contribution is -0.119. The van der Waals surface area contributed by atoms with Crippen LogP contribution in [0.4, 0.5) is 0 Å². The third-order valence-electron chi connectivity index (χ3n) is 3.04. The molecular weight excluding hydrogens is 296 g/mol. The van der Waals surface area contributed by atoms with Crippen molar-refractivity contribution in [2.24, 2.45) is 0 Å². The highest BCUT2D eigenvalue weighted by atomic mass is 32.1. The number of carbonyl (C=O) groups is 2. The molecule has 0 unspecified atom stereocenters. The van der Waals surface area contributed by atoms with Crippen LogP contribution in [0.2, 0.25) is 0 Å². The van der Waals surface area contributed by atoms with Gasteiger partial charge >= 0.3 is 0 Å². The summed E-state index contributed by atoms with van der Waals surface area (Å²) in [6, 6.07) is 4.80. The van der Waals surface area contributed by atoms with Crippen molar-refractivity contribution in [2.75, 3.05) is 20.3 Å². The van der Waals surface area contributed by atoms with Gasteiger partial charge in [-0.25, -0.2) is 5.48 Å². The molecular formula is C13H18N2O5S. The number of hydroxylamine groups is 1. The minimum atomic E-state index is -0.615. The van der Waals surface area contributed by atoms with Gasteiger partial charge in [-0.15, -0.1) is 0 Å². The van der Waals surface area contributed by atoms with Crippen LogP contribution >= 0.6 is 13.5 Å². The molecule has 1 heterocycles. The molecule has 1 aliphatic heterocycles. The predicted octanol–water partition coefficient (Wildman–Crippen LogP) is 0.284. The molecule has 0 spiro atoms. The number of rotatable bonds is 4. The summed E-state index contributed by atoms with van der Waals surface area (Å²) in [5.74, 6) is -0.103. The molecule has 0 aromatic heterocycles. The second-order valence-electron chi connectivity index (χ2n) is 4.49. The van der Waals surface area contributed by atoms with Crippen LogP contribution < -0.4 is 10.2 Å².